The summed E-state index contributed by atoms with van der Waals surface area (Å²) in [7, 11) is 0. The summed E-state index contributed by atoms with van der Waals surface area (Å²) in [5, 5.41) is 0. The number of benzene rings is 2. The Morgan fingerprint density at radius 1 is 1.15 bits per heavy atom. The van der Waals surface area contributed by atoms with Gasteiger partial charge in [-0.15, -0.1) is 0 Å². The van der Waals surface area contributed by atoms with E-state index in [-0.39, 0.29) is 10.7 Å². The zero-order valence-corrected chi connectivity index (χ0v) is 16.0. The minimum absolute atomic E-state index is 0.00496. The zero-order chi connectivity index (χ0) is 18.6. The summed E-state index contributed by atoms with van der Waals surface area (Å²) in [6.45, 7) is 3.16. The monoisotopic (exact) mass is 382 g/mol. The van der Waals surface area contributed by atoms with Gasteiger partial charge in [0.25, 0.3) is 0 Å². The Labute approximate surface area is 162 Å². The number of halogens is 1. The molecule has 1 N–H and O–H groups in total. The van der Waals surface area contributed by atoms with Gasteiger partial charge < -0.3 is 4.98 Å². The van der Waals surface area contributed by atoms with Gasteiger partial charge >= 0.3 is 4.87 Å². The van der Waals surface area contributed by atoms with Crippen molar-refractivity contribution in [3.8, 4) is 0 Å². The molecule has 0 amide bonds. The van der Waals surface area contributed by atoms with Crippen LogP contribution in [0.5, 0.6) is 0 Å². The van der Waals surface area contributed by atoms with Crippen molar-refractivity contribution in [2.75, 3.05) is 19.6 Å². The summed E-state index contributed by atoms with van der Waals surface area (Å²) >= 11 is 1.25. The number of nitrogens with one attached hydrogen (secondary N) is 1. The van der Waals surface area contributed by atoms with Gasteiger partial charge in [0, 0.05) is 6.54 Å². The Bertz CT molecular complexity index is 981. The van der Waals surface area contributed by atoms with Crippen molar-refractivity contribution in [2.24, 2.45) is 5.92 Å². The molecule has 1 aliphatic rings. The van der Waals surface area contributed by atoms with Crippen LogP contribution in [-0.4, -0.2) is 29.5 Å². The van der Waals surface area contributed by atoms with E-state index in [0.717, 1.165) is 41.8 Å². The van der Waals surface area contributed by atoms with E-state index in [9.17, 15) is 9.18 Å². The lowest BCUT2D eigenvalue weighted by Gasteiger charge is -2.31. The van der Waals surface area contributed by atoms with Crippen molar-refractivity contribution in [2.45, 2.75) is 19.3 Å². The first kappa shape index (κ1) is 18.1. The lowest BCUT2D eigenvalue weighted by atomic mass is 9.90. The van der Waals surface area contributed by atoms with Gasteiger partial charge in [0.1, 0.15) is 5.82 Å². The highest BCUT2D eigenvalue weighted by Crippen LogP contribution is 2.22. The molecule has 4 rings (SSSR count). The number of piperidine rings is 1. The lowest BCUT2D eigenvalue weighted by molar-refractivity contribution is 0.200. The van der Waals surface area contributed by atoms with Gasteiger partial charge in [-0.25, -0.2) is 4.39 Å². The van der Waals surface area contributed by atoms with Gasteiger partial charge in [-0.3, -0.25) is 9.69 Å². The Morgan fingerprint density at radius 3 is 2.70 bits per heavy atom. The molecule has 0 saturated carbocycles. The maximum atomic E-state index is 13.0. The van der Waals surface area contributed by atoms with E-state index in [2.05, 4.69) is 28.1 Å². The van der Waals surface area contributed by atoms with Crippen LogP contribution in [0.2, 0.25) is 0 Å². The third-order valence-electron chi connectivity index (χ3n) is 5.26. The molecule has 1 fully saturated rings. The Hall–Kier alpha value is -2.24. The van der Waals surface area contributed by atoms with Crippen LogP contribution in [0.25, 0.3) is 16.3 Å². The van der Waals surface area contributed by atoms with Crippen molar-refractivity contribution in [1.29, 1.82) is 0 Å². The van der Waals surface area contributed by atoms with E-state index >= 15 is 0 Å². The molecule has 1 aromatic heterocycles. The molecule has 2 aromatic carbocycles. The molecular weight excluding hydrogens is 359 g/mol. The van der Waals surface area contributed by atoms with E-state index in [4.69, 9.17) is 0 Å². The van der Waals surface area contributed by atoms with Gasteiger partial charge in [0.2, 0.25) is 0 Å². The quantitative estimate of drug-likeness (QED) is 0.694. The second kappa shape index (κ2) is 8.19. The molecule has 0 atom stereocenters. The molecule has 2 heterocycles. The maximum Gasteiger partial charge on any atom is 0.305 e. The number of likely N-dealkylation sites (tertiary alicyclic amines) is 1. The van der Waals surface area contributed by atoms with Crippen LogP contribution in [0.15, 0.2) is 53.3 Å². The molecule has 27 heavy (non-hydrogen) atoms. The van der Waals surface area contributed by atoms with Crippen LogP contribution in [0.3, 0.4) is 0 Å². The van der Waals surface area contributed by atoms with Crippen LogP contribution in [0.1, 0.15) is 24.0 Å². The van der Waals surface area contributed by atoms with Crippen molar-refractivity contribution >= 4 is 27.6 Å². The highest BCUT2D eigenvalue weighted by molar-refractivity contribution is 7.16. The van der Waals surface area contributed by atoms with Crippen molar-refractivity contribution in [3.63, 3.8) is 0 Å². The molecule has 0 aliphatic carbocycles. The lowest BCUT2D eigenvalue weighted by Crippen LogP contribution is -2.34. The first-order chi connectivity index (χ1) is 13.2. The fourth-order valence-corrected chi connectivity index (χ4v) is 4.52. The maximum absolute atomic E-state index is 13.0. The molecule has 1 aliphatic heterocycles. The predicted octanol–water partition coefficient (Wildman–Crippen LogP) is 4.70. The number of aromatic nitrogens is 1. The minimum atomic E-state index is -0.162. The second-order valence-corrected chi connectivity index (χ2v) is 8.26. The number of nitrogens with zero attached hydrogens (tertiary/aromatic N) is 1. The summed E-state index contributed by atoms with van der Waals surface area (Å²) in [6, 6.07) is 13.0. The standard InChI is InChI=1S/C22H23FN2OS/c23-19-6-3-17(4-7-19)14-18-9-12-25(13-10-18)11-1-2-16-5-8-20-21(15-16)27-22(26)24-20/h1-8,15,18H,9-14H2,(H,24,26)/b2-1+. The van der Waals surface area contributed by atoms with E-state index in [1.54, 1.807) is 12.1 Å². The average Bonchev–Trinajstić information content (AvgIpc) is 3.04. The summed E-state index contributed by atoms with van der Waals surface area (Å²) in [6.07, 6.45) is 7.76. The van der Waals surface area contributed by atoms with Crippen molar-refractivity contribution < 1.29 is 4.39 Å². The van der Waals surface area contributed by atoms with Crippen LogP contribution < -0.4 is 4.87 Å². The smallest absolute Gasteiger partial charge is 0.305 e. The third kappa shape index (κ3) is 4.73. The van der Waals surface area contributed by atoms with Crippen molar-refractivity contribution in [1.82, 2.24) is 9.88 Å². The molecule has 0 radical (unpaired) electrons. The Morgan fingerprint density at radius 2 is 1.93 bits per heavy atom. The summed E-state index contributed by atoms with van der Waals surface area (Å²) in [5.74, 6) is 0.527. The number of fused-ring (bicyclic) bond motifs is 1. The van der Waals surface area contributed by atoms with Gasteiger partial charge in [0.15, 0.2) is 0 Å². The molecule has 1 saturated heterocycles. The fraction of sp³-hybridized carbons (Fsp3) is 0.318. The second-order valence-electron chi connectivity index (χ2n) is 7.25. The van der Waals surface area contributed by atoms with Crippen LogP contribution >= 0.6 is 11.3 Å². The number of thiazole rings is 1. The number of hydrogen-bond acceptors (Lipinski definition) is 3. The average molecular weight is 383 g/mol. The van der Waals surface area contributed by atoms with Crippen molar-refractivity contribution in [3.05, 3.63) is 75.2 Å². The number of rotatable bonds is 5. The van der Waals surface area contributed by atoms with Crippen LogP contribution in [-0.2, 0) is 6.42 Å². The molecule has 140 valence electrons. The van der Waals surface area contributed by atoms with E-state index in [0.29, 0.717) is 5.92 Å². The molecular formula is C22H23FN2OS. The number of aromatic amines is 1. The third-order valence-corrected chi connectivity index (χ3v) is 6.11. The summed E-state index contributed by atoms with van der Waals surface area (Å²) < 4.78 is 14.0. The molecule has 3 nitrogen and oxygen atoms in total. The van der Waals surface area contributed by atoms with E-state index in [1.807, 2.05) is 24.3 Å². The molecule has 3 aromatic rings. The fourth-order valence-electron chi connectivity index (χ4n) is 3.73. The minimum Gasteiger partial charge on any atom is -0.312 e. The van der Waals surface area contributed by atoms with Gasteiger partial charge in [-0.1, -0.05) is 41.7 Å². The van der Waals surface area contributed by atoms with E-state index < -0.39 is 0 Å². The summed E-state index contributed by atoms with van der Waals surface area (Å²) in [5.41, 5.74) is 3.27. The number of hydrogen-bond donors (Lipinski definition) is 1. The van der Waals surface area contributed by atoms with Crippen LogP contribution in [0.4, 0.5) is 4.39 Å². The SMILES string of the molecule is O=c1[nH]c2ccc(/C=C/CN3CCC(Cc4ccc(F)cc4)CC3)cc2s1. The predicted molar refractivity (Wildman–Crippen MR) is 111 cm³/mol. The van der Waals surface area contributed by atoms with Gasteiger partial charge in [-0.05, 0) is 73.7 Å². The first-order valence-electron chi connectivity index (χ1n) is 9.42. The topological polar surface area (TPSA) is 36.1 Å². The molecule has 5 heteroatoms. The van der Waals surface area contributed by atoms with Gasteiger partial charge in [-0.2, -0.15) is 0 Å². The highest BCUT2D eigenvalue weighted by atomic mass is 32.1. The van der Waals surface area contributed by atoms with E-state index in [1.165, 1.54) is 29.7 Å². The summed E-state index contributed by atoms with van der Waals surface area (Å²) in [4.78, 5) is 16.7. The molecule has 0 spiro atoms. The normalized spacial score (nSPS) is 16.5. The first-order valence-corrected chi connectivity index (χ1v) is 10.2. The van der Waals surface area contributed by atoms with Crippen LogP contribution in [0, 0.1) is 11.7 Å². The largest absolute Gasteiger partial charge is 0.312 e. The Kier molecular flexibility index (Phi) is 5.50. The zero-order valence-electron chi connectivity index (χ0n) is 15.2. The van der Waals surface area contributed by atoms with Gasteiger partial charge in [0.05, 0.1) is 10.2 Å². The highest BCUT2D eigenvalue weighted by Gasteiger charge is 2.18. The number of H-pyrrole nitrogens is 1. The molecule has 0 bridgehead atoms. The Balaban J connectivity index is 1.26. The molecule has 0 unspecified atom stereocenters.